The topological polar surface area (TPSA) is 91.7 Å². The summed E-state index contributed by atoms with van der Waals surface area (Å²) in [5.74, 6) is -0.827. The summed E-state index contributed by atoms with van der Waals surface area (Å²) in [5.41, 5.74) is 5.23. The quantitative estimate of drug-likeness (QED) is 0.805. The van der Waals surface area contributed by atoms with E-state index in [9.17, 15) is 14.4 Å². The number of carbonyl (C=O) groups excluding carboxylic acids is 3. The molecule has 0 atom stereocenters. The smallest absolute Gasteiger partial charge is 0.289 e. The first-order chi connectivity index (χ1) is 12.5. The normalized spacial score (nSPS) is 14.7. The molecule has 26 heavy (non-hydrogen) atoms. The molecular weight excluding hydrogens is 358 g/mol. The van der Waals surface area contributed by atoms with E-state index in [1.165, 1.54) is 6.26 Å². The van der Waals surface area contributed by atoms with Crippen LogP contribution in [-0.2, 0) is 4.79 Å². The van der Waals surface area contributed by atoms with Crippen LogP contribution < -0.4 is 10.9 Å². The Morgan fingerprint density at radius 1 is 1.04 bits per heavy atom. The molecule has 0 saturated carbocycles. The molecule has 0 radical (unpaired) electrons. The van der Waals surface area contributed by atoms with Crippen LogP contribution in [-0.4, -0.2) is 35.7 Å². The van der Waals surface area contributed by atoms with Crippen molar-refractivity contribution in [3.63, 3.8) is 0 Å². The molecule has 0 aliphatic carbocycles. The number of nitrogens with zero attached hydrogens (tertiary/aromatic N) is 1. The van der Waals surface area contributed by atoms with E-state index in [0.717, 1.165) is 0 Å². The third-order valence-corrected chi connectivity index (χ3v) is 4.54. The number of amides is 3. The SMILES string of the molecule is O=C(NNC(=O)C1CCN(C(=O)c2ccco2)CC1)c1ccc(Cl)cc1. The highest BCUT2D eigenvalue weighted by atomic mass is 35.5. The van der Waals surface area contributed by atoms with Gasteiger partial charge in [0.1, 0.15) is 0 Å². The van der Waals surface area contributed by atoms with Crippen LogP contribution in [0, 0.1) is 5.92 Å². The van der Waals surface area contributed by atoms with Crippen molar-refractivity contribution in [2.75, 3.05) is 13.1 Å². The molecule has 0 unspecified atom stereocenters. The molecule has 0 spiro atoms. The first kappa shape index (κ1) is 18.0. The summed E-state index contributed by atoms with van der Waals surface area (Å²) in [4.78, 5) is 38.1. The van der Waals surface area contributed by atoms with Crippen molar-refractivity contribution in [3.8, 4) is 0 Å². The molecule has 0 bridgehead atoms. The number of likely N-dealkylation sites (tertiary alicyclic amines) is 1. The fourth-order valence-electron chi connectivity index (χ4n) is 2.79. The molecule has 136 valence electrons. The second-order valence-electron chi connectivity index (χ2n) is 5.99. The molecule has 1 aliphatic rings. The van der Waals surface area contributed by atoms with Crippen molar-refractivity contribution >= 4 is 29.3 Å². The number of benzene rings is 1. The Balaban J connectivity index is 1.45. The summed E-state index contributed by atoms with van der Waals surface area (Å²) < 4.78 is 5.11. The summed E-state index contributed by atoms with van der Waals surface area (Å²) in [5, 5.41) is 0.529. The van der Waals surface area contributed by atoms with Crippen molar-refractivity contribution in [2.45, 2.75) is 12.8 Å². The second-order valence-corrected chi connectivity index (χ2v) is 6.43. The van der Waals surface area contributed by atoms with Gasteiger partial charge in [0.2, 0.25) is 5.91 Å². The predicted octanol–water partition coefficient (Wildman–Crippen LogP) is 2.25. The lowest BCUT2D eigenvalue weighted by atomic mass is 9.96. The van der Waals surface area contributed by atoms with Gasteiger partial charge in [0, 0.05) is 29.6 Å². The number of hydrogen-bond donors (Lipinski definition) is 2. The monoisotopic (exact) mass is 375 g/mol. The summed E-state index contributed by atoms with van der Waals surface area (Å²) in [6, 6.07) is 9.63. The average molecular weight is 376 g/mol. The fourth-order valence-corrected chi connectivity index (χ4v) is 2.92. The zero-order chi connectivity index (χ0) is 18.5. The van der Waals surface area contributed by atoms with E-state index in [2.05, 4.69) is 10.9 Å². The highest BCUT2D eigenvalue weighted by Gasteiger charge is 2.28. The van der Waals surface area contributed by atoms with Crippen molar-refractivity contribution in [1.82, 2.24) is 15.8 Å². The van der Waals surface area contributed by atoms with Crippen molar-refractivity contribution in [1.29, 1.82) is 0 Å². The van der Waals surface area contributed by atoms with Crippen LogP contribution in [0.15, 0.2) is 47.1 Å². The Bertz CT molecular complexity index is 781. The maximum Gasteiger partial charge on any atom is 0.289 e. The van der Waals surface area contributed by atoms with E-state index in [1.54, 1.807) is 41.3 Å². The molecule has 2 N–H and O–H groups in total. The van der Waals surface area contributed by atoms with E-state index >= 15 is 0 Å². The Morgan fingerprint density at radius 3 is 2.35 bits per heavy atom. The minimum absolute atomic E-state index is 0.176. The largest absolute Gasteiger partial charge is 0.459 e. The van der Waals surface area contributed by atoms with E-state index in [0.29, 0.717) is 42.3 Å². The van der Waals surface area contributed by atoms with Gasteiger partial charge in [-0.3, -0.25) is 25.2 Å². The Kier molecular flexibility index (Phi) is 5.58. The summed E-state index contributed by atoms with van der Waals surface area (Å²) in [7, 11) is 0. The molecule has 2 heterocycles. The van der Waals surface area contributed by atoms with Crippen LogP contribution in [0.4, 0.5) is 0 Å². The molecule has 2 aromatic rings. The molecular formula is C18H18ClN3O4. The zero-order valence-electron chi connectivity index (χ0n) is 13.9. The first-order valence-electron chi connectivity index (χ1n) is 8.23. The number of hydrogen-bond acceptors (Lipinski definition) is 4. The molecule has 7 nitrogen and oxygen atoms in total. The first-order valence-corrected chi connectivity index (χ1v) is 8.61. The number of hydrazine groups is 1. The van der Waals surface area contributed by atoms with Gasteiger partial charge in [-0.25, -0.2) is 0 Å². The van der Waals surface area contributed by atoms with Gasteiger partial charge in [0.05, 0.1) is 6.26 Å². The number of halogens is 1. The number of furan rings is 1. The van der Waals surface area contributed by atoms with Crippen molar-refractivity contribution in [2.24, 2.45) is 5.92 Å². The number of carbonyl (C=O) groups is 3. The Labute approximate surface area is 155 Å². The fraction of sp³-hybridized carbons (Fsp3) is 0.278. The summed E-state index contributed by atoms with van der Waals surface area (Å²) in [6.07, 6.45) is 2.50. The van der Waals surface area contributed by atoms with E-state index in [4.69, 9.17) is 16.0 Å². The van der Waals surface area contributed by atoms with E-state index in [-0.39, 0.29) is 17.7 Å². The highest BCUT2D eigenvalue weighted by molar-refractivity contribution is 6.30. The van der Waals surface area contributed by atoms with Crippen LogP contribution in [0.2, 0.25) is 5.02 Å². The van der Waals surface area contributed by atoms with Gasteiger partial charge in [0.15, 0.2) is 5.76 Å². The van der Waals surface area contributed by atoms with Crippen molar-refractivity contribution in [3.05, 3.63) is 59.0 Å². The molecule has 1 fully saturated rings. The third-order valence-electron chi connectivity index (χ3n) is 4.29. The van der Waals surface area contributed by atoms with Gasteiger partial charge in [-0.15, -0.1) is 0 Å². The number of piperidine rings is 1. The summed E-state index contributed by atoms with van der Waals surface area (Å²) >= 11 is 5.78. The summed E-state index contributed by atoms with van der Waals surface area (Å²) in [6.45, 7) is 0.922. The van der Waals surface area contributed by atoms with E-state index in [1.807, 2.05) is 0 Å². The number of nitrogens with one attached hydrogen (secondary N) is 2. The molecule has 1 aromatic heterocycles. The minimum Gasteiger partial charge on any atom is -0.459 e. The molecule has 3 amide bonds. The van der Waals surface area contributed by atoms with Crippen LogP contribution >= 0.6 is 11.6 Å². The second kappa shape index (κ2) is 8.05. The van der Waals surface area contributed by atoms with Gasteiger partial charge in [-0.05, 0) is 49.2 Å². The lowest BCUT2D eigenvalue weighted by Gasteiger charge is -2.30. The molecule has 3 rings (SSSR count). The van der Waals surface area contributed by atoms with Crippen LogP contribution in [0.25, 0.3) is 0 Å². The van der Waals surface area contributed by atoms with Gasteiger partial charge >= 0.3 is 0 Å². The van der Waals surface area contributed by atoms with Crippen LogP contribution in [0.1, 0.15) is 33.8 Å². The standard InChI is InChI=1S/C18H18ClN3O4/c19-14-5-3-12(4-6-14)16(23)20-21-17(24)13-7-9-22(10-8-13)18(25)15-2-1-11-26-15/h1-6,11,13H,7-10H2,(H,20,23)(H,21,24). The maximum atomic E-state index is 12.2. The van der Waals surface area contributed by atoms with Gasteiger partial charge in [-0.1, -0.05) is 11.6 Å². The molecule has 8 heteroatoms. The molecule has 1 aromatic carbocycles. The number of rotatable bonds is 3. The van der Waals surface area contributed by atoms with Gasteiger partial charge in [-0.2, -0.15) is 0 Å². The zero-order valence-corrected chi connectivity index (χ0v) is 14.7. The highest BCUT2D eigenvalue weighted by Crippen LogP contribution is 2.19. The van der Waals surface area contributed by atoms with Crippen molar-refractivity contribution < 1.29 is 18.8 Å². The van der Waals surface area contributed by atoms with Gasteiger partial charge in [0.25, 0.3) is 11.8 Å². The van der Waals surface area contributed by atoms with Gasteiger partial charge < -0.3 is 9.32 Å². The van der Waals surface area contributed by atoms with Crippen LogP contribution in [0.5, 0.6) is 0 Å². The molecule has 1 saturated heterocycles. The lowest BCUT2D eigenvalue weighted by Crippen LogP contribution is -2.48. The van der Waals surface area contributed by atoms with E-state index < -0.39 is 5.91 Å². The minimum atomic E-state index is -0.416. The molecule has 1 aliphatic heterocycles. The Hall–Kier alpha value is -2.80. The Morgan fingerprint density at radius 2 is 1.73 bits per heavy atom. The lowest BCUT2D eigenvalue weighted by molar-refractivity contribution is -0.127. The average Bonchev–Trinajstić information content (AvgIpc) is 3.20. The predicted molar refractivity (Wildman–Crippen MR) is 94.4 cm³/mol. The third kappa shape index (κ3) is 4.23. The maximum absolute atomic E-state index is 12.2. The van der Waals surface area contributed by atoms with Crippen LogP contribution in [0.3, 0.4) is 0 Å².